The average molecular weight is 492 g/mol. The highest BCUT2D eigenvalue weighted by molar-refractivity contribution is 6.33. The van der Waals surface area contributed by atoms with Gasteiger partial charge in [0.15, 0.2) is 5.78 Å². The molecule has 33 heavy (non-hydrogen) atoms. The molecule has 0 radical (unpaired) electrons. The van der Waals surface area contributed by atoms with Crippen molar-refractivity contribution in [3.8, 4) is 11.1 Å². The maximum absolute atomic E-state index is 13.0. The van der Waals surface area contributed by atoms with Crippen molar-refractivity contribution in [3.05, 3.63) is 101 Å². The second-order valence-corrected chi connectivity index (χ2v) is 8.18. The lowest BCUT2D eigenvalue weighted by Crippen LogP contribution is -2.33. The smallest absolute Gasteiger partial charge is 0.293 e. The minimum atomic E-state index is -4.36. The van der Waals surface area contributed by atoms with E-state index in [2.05, 4.69) is 0 Å². The van der Waals surface area contributed by atoms with Crippen LogP contribution in [0.3, 0.4) is 0 Å². The van der Waals surface area contributed by atoms with E-state index in [1.807, 2.05) is 47.4 Å². The van der Waals surface area contributed by atoms with Crippen LogP contribution in [0.5, 0.6) is 0 Å². The van der Waals surface area contributed by atoms with Crippen molar-refractivity contribution in [1.82, 2.24) is 4.90 Å². The van der Waals surface area contributed by atoms with Crippen LogP contribution in [-0.4, -0.2) is 30.3 Å². The van der Waals surface area contributed by atoms with Crippen molar-refractivity contribution in [2.75, 3.05) is 19.6 Å². The van der Waals surface area contributed by atoms with E-state index in [1.54, 1.807) is 18.2 Å². The van der Waals surface area contributed by atoms with Gasteiger partial charge in [-0.2, -0.15) is 13.2 Å². The second-order valence-electron chi connectivity index (χ2n) is 7.77. The minimum absolute atomic E-state index is 0. The fourth-order valence-corrected chi connectivity index (χ4v) is 4.08. The molecule has 7 heteroatoms. The first kappa shape index (κ1) is 25.0. The highest BCUT2D eigenvalue weighted by Gasteiger charge is 2.30. The number of Topliss-reactive ketones (excluding diaryl/α,β-unsaturated/α-hetero) is 1. The number of alkyl halides is 3. The molecule has 0 bridgehead atoms. The first-order valence-electron chi connectivity index (χ1n) is 10.3. The van der Waals surface area contributed by atoms with Gasteiger partial charge in [0.05, 0.1) is 12.1 Å². The van der Waals surface area contributed by atoms with Gasteiger partial charge in [-0.25, -0.2) is 0 Å². The normalized spacial score (nSPS) is 14.4. The molecule has 0 spiro atoms. The Kier molecular flexibility index (Phi) is 8.01. The highest BCUT2D eigenvalue weighted by Crippen LogP contribution is 2.32. The largest absolute Gasteiger partial charge is 0.416 e. The molecule has 1 aliphatic heterocycles. The van der Waals surface area contributed by atoms with E-state index >= 15 is 0 Å². The zero-order chi connectivity index (χ0) is 22.7. The van der Waals surface area contributed by atoms with E-state index in [4.69, 9.17) is 11.6 Å². The molecule has 1 heterocycles. The Morgan fingerprint density at radius 1 is 0.939 bits per heavy atom. The number of hydrogen-bond acceptors (Lipinski definition) is 2. The molecular weight excluding hydrogens is 470 g/mol. The van der Waals surface area contributed by atoms with Gasteiger partial charge in [0.25, 0.3) is 0 Å². The average Bonchev–Trinajstić information content (AvgIpc) is 2.79. The second kappa shape index (κ2) is 10.6. The monoisotopic (exact) mass is 491 g/mol. The number of hydrogen-bond donors (Lipinski definition) is 0. The topological polar surface area (TPSA) is 20.3 Å². The van der Waals surface area contributed by atoms with Gasteiger partial charge < -0.3 is 0 Å². The van der Waals surface area contributed by atoms with Crippen LogP contribution in [0, 0.1) is 0 Å². The lowest BCUT2D eigenvalue weighted by Gasteiger charge is -2.26. The van der Waals surface area contributed by atoms with Gasteiger partial charge in [0.2, 0.25) is 0 Å². The molecule has 1 aliphatic rings. The van der Waals surface area contributed by atoms with Gasteiger partial charge in [-0.05, 0) is 41.3 Å². The van der Waals surface area contributed by atoms with Crippen LogP contribution in [0.1, 0.15) is 27.9 Å². The maximum atomic E-state index is 13.0. The standard InChI is InChI=1S/C26H21ClF3NO.ClH/c27-24-7-2-1-6-23(24)19-8-10-20(11-9-19)25(32)17-31-14-12-18(13-15-31)21-4-3-5-22(16-21)26(28,29)30;/h1-12,16H,13-15,17H2;1H. The van der Waals surface area contributed by atoms with Crippen molar-refractivity contribution in [1.29, 1.82) is 0 Å². The number of carbonyl (C=O) groups excluding carboxylic acids is 1. The van der Waals surface area contributed by atoms with Crippen molar-refractivity contribution in [2.24, 2.45) is 0 Å². The number of nitrogens with zero attached hydrogens (tertiary/aromatic N) is 1. The van der Waals surface area contributed by atoms with Crippen LogP contribution in [0.25, 0.3) is 16.7 Å². The molecule has 0 fully saturated rings. The van der Waals surface area contributed by atoms with Gasteiger partial charge in [0.1, 0.15) is 0 Å². The molecule has 172 valence electrons. The van der Waals surface area contributed by atoms with Crippen LogP contribution in [0.4, 0.5) is 13.2 Å². The summed E-state index contributed by atoms with van der Waals surface area (Å²) in [5.74, 6) is 0.00614. The predicted molar refractivity (Wildman–Crippen MR) is 129 cm³/mol. The molecule has 0 aromatic heterocycles. The van der Waals surface area contributed by atoms with Crippen molar-refractivity contribution < 1.29 is 18.0 Å². The molecule has 0 atom stereocenters. The highest BCUT2D eigenvalue weighted by atomic mass is 35.5. The molecule has 0 unspecified atom stereocenters. The number of carbonyl (C=O) groups is 1. The summed E-state index contributed by atoms with van der Waals surface area (Å²) in [5, 5.41) is 0.656. The molecule has 0 amide bonds. The lowest BCUT2D eigenvalue weighted by molar-refractivity contribution is -0.137. The van der Waals surface area contributed by atoms with Crippen LogP contribution >= 0.6 is 24.0 Å². The number of halogens is 5. The van der Waals surface area contributed by atoms with E-state index < -0.39 is 11.7 Å². The maximum Gasteiger partial charge on any atom is 0.416 e. The molecule has 0 saturated carbocycles. The molecule has 2 nitrogen and oxygen atoms in total. The Bertz CT molecular complexity index is 1160. The Hall–Kier alpha value is -2.60. The molecule has 4 rings (SSSR count). The summed E-state index contributed by atoms with van der Waals surface area (Å²) in [6.45, 7) is 1.40. The Morgan fingerprint density at radius 3 is 2.30 bits per heavy atom. The first-order chi connectivity index (χ1) is 15.3. The Balaban J connectivity index is 0.00000306. The fourth-order valence-electron chi connectivity index (χ4n) is 3.84. The summed E-state index contributed by atoms with van der Waals surface area (Å²) in [7, 11) is 0. The summed E-state index contributed by atoms with van der Waals surface area (Å²) in [4.78, 5) is 14.7. The predicted octanol–water partition coefficient (Wildman–Crippen LogP) is 7.42. The van der Waals surface area contributed by atoms with Gasteiger partial charge in [-0.1, -0.05) is 72.3 Å². The van der Waals surface area contributed by atoms with Gasteiger partial charge in [-0.15, -0.1) is 12.4 Å². The Labute approximate surface area is 202 Å². The molecule has 3 aromatic rings. The lowest BCUT2D eigenvalue weighted by atomic mass is 9.97. The number of benzene rings is 3. The molecule has 0 N–H and O–H groups in total. The van der Waals surface area contributed by atoms with Crippen LogP contribution in [-0.2, 0) is 6.18 Å². The quantitative estimate of drug-likeness (QED) is 0.346. The van der Waals surface area contributed by atoms with Crippen LogP contribution in [0.15, 0.2) is 78.9 Å². The molecule has 0 saturated heterocycles. The van der Waals surface area contributed by atoms with Crippen LogP contribution < -0.4 is 0 Å². The molecule has 3 aromatic carbocycles. The van der Waals surface area contributed by atoms with E-state index in [-0.39, 0.29) is 24.7 Å². The third kappa shape index (κ3) is 6.05. The zero-order valence-electron chi connectivity index (χ0n) is 17.6. The minimum Gasteiger partial charge on any atom is -0.293 e. The number of ketones is 1. The Morgan fingerprint density at radius 2 is 1.67 bits per heavy atom. The molecular formula is C26H22Cl2F3NO. The van der Waals surface area contributed by atoms with E-state index in [1.165, 1.54) is 12.1 Å². The summed E-state index contributed by atoms with van der Waals surface area (Å²) >= 11 is 6.24. The van der Waals surface area contributed by atoms with Gasteiger partial charge in [-0.3, -0.25) is 9.69 Å². The SMILES string of the molecule is Cl.O=C(CN1CC=C(c2cccc(C(F)(F)F)c2)CC1)c1ccc(-c2ccccc2Cl)cc1. The van der Waals surface area contributed by atoms with Crippen molar-refractivity contribution in [2.45, 2.75) is 12.6 Å². The summed E-state index contributed by atoms with van der Waals surface area (Å²) in [5.41, 5.74) is 3.29. The summed E-state index contributed by atoms with van der Waals surface area (Å²) in [6, 6.07) is 20.3. The van der Waals surface area contributed by atoms with Gasteiger partial charge >= 0.3 is 6.18 Å². The van der Waals surface area contributed by atoms with Gasteiger partial charge in [0, 0.05) is 29.2 Å². The van der Waals surface area contributed by atoms with E-state index in [0.29, 0.717) is 35.7 Å². The van der Waals surface area contributed by atoms with E-state index in [9.17, 15) is 18.0 Å². The van der Waals surface area contributed by atoms with Crippen LogP contribution in [0.2, 0.25) is 5.02 Å². The van der Waals surface area contributed by atoms with Crippen molar-refractivity contribution in [3.63, 3.8) is 0 Å². The number of rotatable bonds is 5. The molecule has 0 aliphatic carbocycles. The third-order valence-corrected chi connectivity index (χ3v) is 5.94. The summed E-state index contributed by atoms with van der Waals surface area (Å²) in [6.07, 6.45) is -1.85. The van der Waals surface area contributed by atoms with E-state index in [0.717, 1.165) is 22.8 Å². The van der Waals surface area contributed by atoms with Crippen molar-refractivity contribution >= 4 is 35.4 Å². The summed E-state index contributed by atoms with van der Waals surface area (Å²) < 4.78 is 38.9. The third-order valence-electron chi connectivity index (χ3n) is 5.61. The fraction of sp³-hybridized carbons (Fsp3) is 0.192. The first-order valence-corrected chi connectivity index (χ1v) is 10.7. The zero-order valence-corrected chi connectivity index (χ0v) is 19.2.